The Labute approximate surface area is 94.7 Å². The SMILES string of the molecule is Cc1cccc2c(=O)n(CC(C)C)cnc12. The van der Waals surface area contributed by atoms with Crippen molar-refractivity contribution in [3.63, 3.8) is 0 Å². The lowest BCUT2D eigenvalue weighted by Crippen LogP contribution is -2.22. The van der Waals surface area contributed by atoms with Crippen LogP contribution in [-0.4, -0.2) is 9.55 Å². The largest absolute Gasteiger partial charge is 0.298 e. The molecule has 0 saturated heterocycles. The topological polar surface area (TPSA) is 34.9 Å². The van der Waals surface area contributed by atoms with Gasteiger partial charge in [-0.2, -0.15) is 0 Å². The molecule has 0 N–H and O–H groups in total. The standard InChI is InChI=1S/C13H16N2O/c1-9(2)7-15-8-14-12-10(3)5-4-6-11(12)13(15)16/h4-6,8-9H,7H2,1-3H3. The number of hydrogen-bond donors (Lipinski definition) is 0. The third kappa shape index (κ3) is 1.85. The average molecular weight is 216 g/mol. The van der Waals surface area contributed by atoms with Crippen LogP contribution in [0.15, 0.2) is 29.3 Å². The Balaban J connectivity index is 2.66. The van der Waals surface area contributed by atoms with E-state index in [1.807, 2.05) is 25.1 Å². The van der Waals surface area contributed by atoms with Crippen molar-refractivity contribution >= 4 is 10.9 Å². The highest BCUT2D eigenvalue weighted by Gasteiger charge is 2.06. The Morgan fingerprint density at radius 1 is 1.38 bits per heavy atom. The Kier molecular flexibility index (Phi) is 2.77. The van der Waals surface area contributed by atoms with Gasteiger partial charge in [-0.05, 0) is 24.5 Å². The van der Waals surface area contributed by atoms with E-state index in [2.05, 4.69) is 18.8 Å². The number of rotatable bonds is 2. The molecule has 0 aliphatic rings. The molecule has 0 saturated carbocycles. The minimum atomic E-state index is 0.0578. The van der Waals surface area contributed by atoms with Crippen LogP contribution < -0.4 is 5.56 Å². The highest BCUT2D eigenvalue weighted by molar-refractivity contribution is 5.80. The summed E-state index contributed by atoms with van der Waals surface area (Å²) in [5, 5.41) is 0.711. The van der Waals surface area contributed by atoms with Gasteiger partial charge in [0.15, 0.2) is 0 Å². The zero-order valence-corrected chi connectivity index (χ0v) is 9.90. The number of nitrogens with zero attached hydrogens (tertiary/aromatic N) is 2. The second kappa shape index (κ2) is 4.08. The number of benzene rings is 1. The lowest BCUT2D eigenvalue weighted by Gasteiger charge is -2.09. The molecule has 1 aromatic heterocycles. The average Bonchev–Trinajstić information content (AvgIpc) is 2.23. The summed E-state index contributed by atoms with van der Waals surface area (Å²) in [4.78, 5) is 16.5. The first-order chi connectivity index (χ1) is 7.59. The van der Waals surface area contributed by atoms with Crippen molar-refractivity contribution < 1.29 is 0 Å². The van der Waals surface area contributed by atoms with Gasteiger partial charge in [0.1, 0.15) is 0 Å². The summed E-state index contributed by atoms with van der Waals surface area (Å²) in [7, 11) is 0. The van der Waals surface area contributed by atoms with E-state index in [1.54, 1.807) is 10.9 Å². The predicted octanol–water partition coefficient (Wildman–Crippen LogP) is 2.36. The first kappa shape index (κ1) is 10.9. The Morgan fingerprint density at radius 3 is 2.81 bits per heavy atom. The van der Waals surface area contributed by atoms with Crippen LogP contribution in [0.1, 0.15) is 19.4 Å². The summed E-state index contributed by atoms with van der Waals surface area (Å²) in [5.41, 5.74) is 1.92. The fourth-order valence-corrected chi connectivity index (χ4v) is 1.86. The molecule has 0 unspecified atom stereocenters. The molecule has 1 heterocycles. The molecule has 2 rings (SSSR count). The molecule has 0 atom stereocenters. The Hall–Kier alpha value is -1.64. The minimum Gasteiger partial charge on any atom is -0.298 e. The first-order valence-corrected chi connectivity index (χ1v) is 5.54. The van der Waals surface area contributed by atoms with Gasteiger partial charge in [0.2, 0.25) is 0 Å². The van der Waals surface area contributed by atoms with E-state index >= 15 is 0 Å². The zero-order valence-electron chi connectivity index (χ0n) is 9.90. The van der Waals surface area contributed by atoms with Gasteiger partial charge in [0, 0.05) is 6.54 Å². The second-order valence-corrected chi connectivity index (χ2v) is 4.57. The molecular weight excluding hydrogens is 200 g/mol. The van der Waals surface area contributed by atoms with E-state index < -0.39 is 0 Å². The molecule has 0 bridgehead atoms. The molecule has 2 aromatic rings. The van der Waals surface area contributed by atoms with Crippen LogP contribution in [0, 0.1) is 12.8 Å². The van der Waals surface area contributed by atoms with Crippen molar-refractivity contribution in [1.29, 1.82) is 0 Å². The lowest BCUT2D eigenvalue weighted by atomic mass is 10.1. The Morgan fingerprint density at radius 2 is 2.12 bits per heavy atom. The summed E-state index contributed by atoms with van der Waals surface area (Å²) < 4.78 is 1.69. The molecule has 0 spiro atoms. The molecule has 0 radical (unpaired) electrons. The van der Waals surface area contributed by atoms with Crippen LogP contribution in [0.5, 0.6) is 0 Å². The summed E-state index contributed by atoms with van der Waals surface area (Å²) in [6.45, 7) is 6.87. The van der Waals surface area contributed by atoms with Crippen LogP contribution >= 0.6 is 0 Å². The van der Waals surface area contributed by atoms with Gasteiger partial charge >= 0.3 is 0 Å². The van der Waals surface area contributed by atoms with Gasteiger partial charge in [0.25, 0.3) is 5.56 Å². The molecule has 16 heavy (non-hydrogen) atoms. The molecule has 0 aliphatic carbocycles. The summed E-state index contributed by atoms with van der Waals surface area (Å²) >= 11 is 0. The van der Waals surface area contributed by atoms with Crippen molar-refractivity contribution in [3.8, 4) is 0 Å². The van der Waals surface area contributed by atoms with Crippen molar-refractivity contribution in [2.45, 2.75) is 27.3 Å². The molecule has 1 aromatic carbocycles. The number of para-hydroxylation sites is 1. The lowest BCUT2D eigenvalue weighted by molar-refractivity contribution is 0.508. The molecule has 0 aliphatic heterocycles. The van der Waals surface area contributed by atoms with E-state index in [9.17, 15) is 4.79 Å². The van der Waals surface area contributed by atoms with Crippen LogP contribution in [0.4, 0.5) is 0 Å². The van der Waals surface area contributed by atoms with Gasteiger partial charge < -0.3 is 0 Å². The minimum absolute atomic E-state index is 0.0578. The molecule has 0 fully saturated rings. The van der Waals surface area contributed by atoms with E-state index in [-0.39, 0.29) is 5.56 Å². The molecular formula is C13H16N2O. The van der Waals surface area contributed by atoms with E-state index in [0.29, 0.717) is 11.3 Å². The van der Waals surface area contributed by atoms with Gasteiger partial charge in [-0.25, -0.2) is 4.98 Å². The maximum absolute atomic E-state index is 12.1. The number of fused-ring (bicyclic) bond motifs is 1. The molecule has 3 nitrogen and oxygen atoms in total. The van der Waals surface area contributed by atoms with E-state index in [0.717, 1.165) is 17.6 Å². The molecule has 84 valence electrons. The van der Waals surface area contributed by atoms with Crippen LogP contribution in [0.3, 0.4) is 0 Å². The van der Waals surface area contributed by atoms with Crippen LogP contribution in [0.25, 0.3) is 10.9 Å². The maximum atomic E-state index is 12.1. The summed E-state index contributed by atoms with van der Waals surface area (Å²) in [6, 6.07) is 5.72. The quantitative estimate of drug-likeness (QED) is 0.772. The van der Waals surface area contributed by atoms with Crippen molar-refractivity contribution in [2.24, 2.45) is 5.92 Å². The van der Waals surface area contributed by atoms with Crippen molar-refractivity contribution in [3.05, 3.63) is 40.4 Å². The van der Waals surface area contributed by atoms with E-state index in [4.69, 9.17) is 0 Å². The van der Waals surface area contributed by atoms with Gasteiger partial charge in [-0.1, -0.05) is 26.0 Å². The van der Waals surface area contributed by atoms with Crippen molar-refractivity contribution in [2.75, 3.05) is 0 Å². The van der Waals surface area contributed by atoms with Crippen LogP contribution in [-0.2, 0) is 6.54 Å². The highest BCUT2D eigenvalue weighted by atomic mass is 16.1. The Bertz CT molecular complexity index is 570. The predicted molar refractivity (Wildman–Crippen MR) is 65.6 cm³/mol. The van der Waals surface area contributed by atoms with E-state index in [1.165, 1.54) is 0 Å². The number of aromatic nitrogens is 2. The van der Waals surface area contributed by atoms with Gasteiger partial charge in [-0.3, -0.25) is 9.36 Å². The fourth-order valence-electron chi connectivity index (χ4n) is 1.86. The van der Waals surface area contributed by atoms with Gasteiger partial charge in [0.05, 0.1) is 17.2 Å². The van der Waals surface area contributed by atoms with Crippen LogP contribution in [0.2, 0.25) is 0 Å². The fraction of sp³-hybridized carbons (Fsp3) is 0.385. The maximum Gasteiger partial charge on any atom is 0.261 e. The molecule has 3 heteroatoms. The number of aryl methyl sites for hydroxylation is 1. The third-order valence-corrected chi connectivity index (χ3v) is 2.62. The third-order valence-electron chi connectivity index (χ3n) is 2.62. The van der Waals surface area contributed by atoms with Gasteiger partial charge in [-0.15, -0.1) is 0 Å². The highest BCUT2D eigenvalue weighted by Crippen LogP contribution is 2.11. The molecule has 0 amide bonds. The monoisotopic (exact) mass is 216 g/mol. The second-order valence-electron chi connectivity index (χ2n) is 4.57. The smallest absolute Gasteiger partial charge is 0.261 e. The first-order valence-electron chi connectivity index (χ1n) is 5.54. The van der Waals surface area contributed by atoms with Crippen molar-refractivity contribution in [1.82, 2.24) is 9.55 Å². The zero-order chi connectivity index (χ0) is 11.7. The summed E-state index contributed by atoms with van der Waals surface area (Å²) in [5.74, 6) is 0.446. The summed E-state index contributed by atoms with van der Waals surface area (Å²) in [6.07, 6.45) is 1.65. The number of hydrogen-bond acceptors (Lipinski definition) is 2. The normalized spacial score (nSPS) is 11.2.